The lowest BCUT2D eigenvalue weighted by Crippen LogP contribution is -2.47. The maximum atomic E-state index is 11.3. The lowest BCUT2D eigenvalue weighted by Gasteiger charge is -2.14. The topological polar surface area (TPSA) is 43.1 Å². The summed E-state index contributed by atoms with van der Waals surface area (Å²) in [5, 5.41) is 9.36. The molecule has 0 fully saturated rings. The molecular weight excluding hydrogens is 196 g/mol. The van der Waals surface area contributed by atoms with Gasteiger partial charge in [0.25, 0.3) is 0 Å². The van der Waals surface area contributed by atoms with Gasteiger partial charge in [0.05, 0.1) is 0 Å². The van der Waals surface area contributed by atoms with Gasteiger partial charge in [0.1, 0.15) is 0 Å². The monoisotopic (exact) mass is 197 g/mol. The molecule has 0 aromatic rings. The van der Waals surface area contributed by atoms with Crippen LogP contribution in [0, 0.1) is 10.1 Å². The Morgan fingerprint density at radius 1 is 1.00 bits per heavy atom. The summed E-state index contributed by atoms with van der Waals surface area (Å²) in [5.74, 6) is 0. The molecule has 0 aromatic heterocycles. The van der Waals surface area contributed by atoms with Crippen LogP contribution in [0.2, 0.25) is 0 Å². The first-order valence-electron chi connectivity index (χ1n) is 2.33. The fourth-order valence-corrected chi connectivity index (χ4v) is 0.425. The van der Waals surface area contributed by atoms with Crippen LogP contribution in [-0.2, 0) is 0 Å². The van der Waals surface area contributed by atoms with Gasteiger partial charge in [-0.05, 0) is 0 Å². The van der Waals surface area contributed by atoms with Crippen molar-refractivity contribution in [2.45, 2.75) is 18.4 Å². The van der Waals surface area contributed by atoms with Crippen LogP contribution in [0.5, 0.6) is 0 Å². The van der Waals surface area contributed by atoms with Crippen molar-refractivity contribution < 1.29 is 31.3 Å². The molecule has 0 heterocycles. The predicted molar refractivity (Wildman–Crippen MR) is 22.9 cm³/mol. The van der Waals surface area contributed by atoms with Crippen molar-refractivity contribution in [2.24, 2.45) is 0 Å². The van der Waals surface area contributed by atoms with Gasteiger partial charge in [-0.25, -0.2) is 0 Å². The molecule has 0 aliphatic heterocycles. The minimum Gasteiger partial charge on any atom is -0.264 e. The van der Waals surface area contributed by atoms with Gasteiger partial charge < -0.3 is 0 Å². The van der Waals surface area contributed by atoms with Crippen molar-refractivity contribution in [1.29, 1.82) is 0 Å². The number of rotatable bonds is 1. The van der Waals surface area contributed by atoms with Crippen LogP contribution in [0.3, 0.4) is 0 Å². The highest BCUT2D eigenvalue weighted by Crippen LogP contribution is 2.34. The Bertz CT molecular complexity index is 168. The summed E-state index contributed by atoms with van der Waals surface area (Å²) in [7, 11) is 0. The number of alkyl halides is 6. The predicted octanol–water partition coefficient (Wildman–Crippen LogP) is 1.76. The number of hydrogen-bond acceptors (Lipinski definition) is 2. The van der Waals surface area contributed by atoms with E-state index in [0.717, 1.165) is 0 Å². The Hall–Kier alpha value is -1.02. The van der Waals surface area contributed by atoms with Crippen LogP contribution < -0.4 is 0 Å². The van der Waals surface area contributed by atoms with Gasteiger partial charge in [-0.2, -0.15) is 26.3 Å². The summed E-state index contributed by atoms with van der Waals surface area (Å²) >= 11 is 0. The van der Waals surface area contributed by atoms with Crippen molar-refractivity contribution in [1.82, 2.24) is 0 Å². The number of nitro groups is 1. The minimum absolute atomic E-state index is 2.42. The normalized spacial score (nSPS) is 13.6. The molecule has 0 rings (SSSR count). The van der Waals surface area contributed by atoms with E-state index < -0.39 is 23.3 Å². The molecule has 0 radical (unpaired) electrons. The molecule has 0 atom stereocenters. The Morgan fingerprint density at radius 3 is 1.25 bits per heavy atom. The van der Waals surface area contributed by atoms with Crippen molar-refractivity contribution in [3.63, 3.8) is 0 Å². The van der Waals surface area contributed by atoms with Gasteiger partial charge in [0.15, 0.2) is 0 Å². The second-order valence-corrected chi connectivity index (χ2v) is 1.77. The van der Waals surface area contributed by atoms with E-state index in [9.17, 15) is 36.5 Å². The van der Waals surface area contributed by atoms with E-state index in [1.54, 1.807) is 0 Å². The second kappa shape index (κ2) is 2.79. The molecule has 12 heavy (non-hydrogen) atoms. The Balaban J connectivity index is 4.82. The van der Waals surface area contributed by atoms with Crippen LogP contribution in [0.25, 0.3) is 0 Å². The third-order valence-electron chi connectivity index (χ3n) is 0.831. The summed E-state index contributed by atoms with van der Waals surface area (Å²) in [5.41, 5.74) is 0. The van der Waals surface area contributed by atoms with Crippen LogP contribution in [-0.4, -0.2) is 23.3 Å². The molecular formula is C3HF6NO2. The van der Waals surface area contributed by atoms with Crippen LogP contribution in [0.4, 0.5) is 26.3 Å². The first kappa shape index (κ1) is 11.0. The van der Waals surface area contributed by atoms with Gasteiger partial charge >= 0.3 is 18.4 Å². The van der Waals surface area contributed by atoms with E-state index in [1.165, 1.54) is 0 Å². The zero-order chi connectivity index (χ0) is 10.2. The van der Waals surface area contributed by atoms with E-state index in [0.29, 0.717) is 0 Å². The number of hydrogen-bond donors (Lipinski definition) is 0. The second-order valence-electron chi connectivity index (χ2n) is 1.77. The molecule has 0 aromatic carbocycles. The van der Waals surface area contributed by atoms with Gasteiger partial charge in [-0.15, -0.1) is 0 Å². The fourth-order valence-electron chi connectivity index (χ4n) is 0.425. The molecule has 0 saturated carbocycles. The Labute approximate surface area is 61.1 Å². The summed E-state index contributed by atoms with van der Waals surface area (Å²) in [6, 6.07) is -4.50. The highest BCUT2D eigenvalue weighted by atomic mass is 19.4. The molecule has 0 saturated heterocycles. The summed E-state index contributed by atoms with van der Waals surface area (Å²) in [6.07, 6.45) is -11.8. The van der Waals surface area contributed by atoms with Crippen molar-refractivity contribution in [3.05, 3.63) is 10.1 Å². The maximum absolute atomic E-state index is 11.3. The Kier molecular flexibility index (Phi) is 2.55. The Morgan fingerprint density at radius 2 is 1.25 bits per heavy atom. The summed E-state index contributed by atoms with van der Waals surface area (Å²) in [6.45, 7) is 0. The first-order valence-corrected chi connectivity index (χ1v) is 2.33. The lowest BCUT2D eigenvalue weighted by atomic mass is 10.3. The van der Waals surface area contributed by atoms with E-state index in [4.69, 9.17) is 0 Å². The van der Waals surface area contributed by atoms with Gasteiger partial charge in [0.2, 0.25) is 0 Å². The van der Waals surface area contributed by atoms with Gasteiger partial charge in [0, 0.05) is 4.92 Å². The quantitative estimate of drug-likeness (QED) is 0.365. The van der Waals surface area contributed by atoms with E-state index in [1.807, 2.05) is 0 Å². The van der Waals surface area contributed by atoms with E-state index in [-0.39, 0.29) is 0 Å². The SMILES string of the molecule is O=[N+]([O-])C(C(F)(F)F)C(F)(F)F. The molecule has 0 amide bonds. The average molecular weight is 197 g/mol. The number of nitrogens with zero attached hydrogens (tertiary/aromatic N) is 1. The minimum atomic E-state index is -5.90. The smallest absolute Gasteiger partial charge is 0.264 e. The molecule has 0 N–H and O–H groups in total. The third-order valence-corrected chi connectivity index (χ3v) is 0.831. The van der Waals surface area contributed by atoms with Crippen molar-refractivity contribution >= 4 is 0 Å². The van der Waals surface area contributed by atoms with Crippen LogP contribution in [0.15, 0.2) is 0 Å². The average Bonchev–Trinajstić information content (AvgIpc) is 1.49. The molecule has 72 valence electrons. The largest absolute Gasteiger partial charge is 0.467 e. The standard InChI is InChI=1S/C3HF6NO2/c4-2(5,6)1(10(11)12)3(7,8)9/h1H. The number of halogens is 6. The molecule has 3 nitrogen and oxygen atoms in total. The molecule has 0 bridgehead atoms. The molecule has 0 spiro atoms. The summed E-state index contributed by atoms with van der Waals surface area (Å²) < 4.78 is 67.8. The van der Waals surface area contributed by atoms with E-state index >= 15 is 0 Å². The highest BCUT2D eigenvalue weighted by Gasteiger charge is 2.66. The van der Waals surface area contributed by atoms with E-state index in [2.05, 4.69) is 0 Å². The van der Waals surface area contributed by atoms with Gasteiger partial charge in [-0.1, -0.05) is 0 Å². The van der Waals surface area contributed by atoms with Crippen LogP contribution >= 0.6 is 0 Å². The molecule has 0 unspecified atom stereocenters. The first-order chi connectivity index (χ1) is 5.07. The zero-order valence-corrected chi connectivity index (χ0v) is 5.11. The molecule has 9 heteroatoms. The zero-order valence-electron chi connectivity index (χ0n) is 5.11. The van der Waals surface area contributed by atoms with Crippen molar-refractivity contribution in [3.8, 4) is 0 Å². The highest BCUT2D eigenvalue weighted by molar-refractivity contribution is 4.74. The van der Waals surface area contributed by atoms with Crippen molar-refractivity contribution in [2.75, 3.05) is 0 Å². The lowest BCUT2D eigenvalue weighted by molar-refractivity contribution is -0.601. The molecule has 0 aliphatic rings. The van der Waals surface area contributed by atoms with Gasteiger partial charge in [-0.3, -0.25) is 10.1 Å². The summed E-state index contributed by atoms with van der Waals surface area (Å²) in [4.78, 5) is 6.94. The maximum Gasteiger partial charge on any atom is 0.467 e. The fraction of sp³-hybridized carbons (Fsp3) is 1.00. The van der Waals surface area contributed by atoms with Crippen LogP contribution in [0.1, 0.15) is 0 Å². The third kappa shape index (κ3) is 2.55. The molecule has 0 aliphatic carbocycles.